The van der Waals surface area contributed by atoms with Crippen LogP contribution < -0.4 is 10.6 Å². The van der Waals surface area contributed by atoms with Crippen LogP contribution in [0.4, 0.5) is 11.5 Å². The minimum absolute atomic E-state index is 0.00540. The monoisotopic (exact) mass is 331 g/mol. The van der Waals surface area contributed by atoms with Crippen molar-refractivity contribution in [3.63, 3.8) is 0 Å². The van der Waals surface area contributed by atoms with Crippen molar-refractivity contribution in [3.8, 4) is 0 Å². The molecule has 0 saturated heterocycles. The third-order valence-electron chi connectivity index (χ3n) is 3.26. The van der Waals surface area contributed by atoms with Crippen LogP contribution in [0.25, 0.3) is 0 Å². The van der Waals surface area contributed by atoms with E-state index in [1.165, 1.54) is 5.56 Å². The van der Waals surface area contributed by atoms with E-state index in [0.717, 1.165) is 23.7 Å². The number of amides is 1. The van der Waals surface area contributed by atoms with E-state index >= 15 is 0 Å². The zero-order valence-corrected chi connectivity index (χ0v) is 14.2. The Morgan fingerprint density at radius 1 is 1.26 bits per heavy atom. The lowest BCUT2D eigenvalue weighted by atomic mass is 10.1. The van der Waals surface area contributed by atoms with E-state index in [0.29, 0.717) is 18.2 Å². The molecule has 4 nitrogen and oxygen atoms in total. The van der Waals surface area contributed by atoms with Crippen molar-refractivity contribution in [1.82, 2.24) is 4.98 Å². The van der Waals surface area contributed by atoms with E-state index in [1.54, 1.807) is 12.3 Å². The van der Waals surface area contributed by atoms with Crippen LogP contribution in [0.3, 0.4) is 0 Å². The van der Waals surface area contributed by atoms with Crippen molar-refractivity contribution in [3.05, 3.63) is 53.2 Å². The molecule has 2 rings (SSSR count). The predicted octanol–water partition coefficient (Wildman–Crippen LogP) is 4.37. The molecule has 1 heterocycles. The first-order valence-electron chi connectivity index (χ1n) is 7.77. The third kappa shape index (κ3) is 6.28. The van der Waals surface area contributed by atoms with Gasteiger partial charge in [-0.2, -0.15) is 0 Å². The topological polar surface area (TPSA) is 54.0 Å². The predicted molar refractivity (Wildman–Crippen MR) is 96.0 cm³/mol. The molecule has 122 valence electrons. The summed E-state index contributed by atoms with van der Waals surface area (Å²) in [5.41, 5.74) is 2.12. The average molecular weight is 332 g/mol. The quantitative estimate of drug-likeness (QED) is 0.792. The van der Waals surface area contributed by atoms with Crippen molar-refractivity contribution in [1.29, 1.82) is 0 Å². The number of nitrogens with zero attached hydrogens (tertiary/aromatic N) is 1. The lowest BCUT2D eigenvalue weighted by molar-refractivity contribution is -0.116. The second-order valence-electron chi connectivity index (χ2n) is 5.88. The highest BCUT2D eigenvalue weighted by molar-refractivity contribution is 6.30. The smallest absolute Gasteiger partial charge is 0.225 e. The van der Waals surface area contributed by atoms with Gasteiger partial charge in [-0.3, -0.25) is 4.79 Å². The van der Waals surface area contributed by atoms with Gasteiger partial charge in [0.15, 0.2) is 0 Å². The van der Waals surface area contributed by atoms with Crippen molar-refractivity contribution >= 4 is 29.0 Å². The maximum Gasteiger partial charge on any atom is 0.225 e. The van der Waals surface area contributed by atoms with E-state index < -0.39 is 0 Å². The van der Waals surface area contributed by atoms with Gasteiger partial charge in [0.2, 0.25) is 5.91 Å². The van der Waals surface area contributed by atoms with E-state index in [2.05, 4.69) is 21.7 Å². The van der Waals surface area contributed by atoms with Gasteiger partial charge in [0.05, 0.1) is 11.9 Å². The molecule has 0 aliphatic carbocycles. The Bertz CT molecular complexity index is 641. The number of hydrogen-bond donors (Lipinski definition) is 2. The second-order valence-corrected chi connectivity index (χ2v) is 6.32. The van der Waals surface area contributed by atoms with Crippen LogP contribution in [-0.4, -0.2) is 17.4 Å². The van der Waals surface area contributed by atoms with Crippen molar-refractivity contribution < 1.29 is 4.79 Å². The minimum Gasteiger partial charge on any atom is -0.383 e. The van der Waals surface area contributed by atoms with Gasteiger partial charge in [0.25, 0.3) is 0 Å². The molecular formula is C18H22ClN3O. The first-order chi connectivity index (χ1) is 11.0. The van der Waals surface area contributed by atoms with E-state index in [4.69, 9.17) is 11.6 Å². The van der Waals surface area contributed by atoms with Crippen LogP contribution >= 0.6 is 11.6 Å². The molecule has 1 amide bonds. The number of aromatic nitrogens is 1. The Morgan fingerprint density at radius 3 is 2.74 bits per heavy atom. The molecule has 5 heteroatoms. The summed E-state index contributed by atoms with van der Waals surface area (Å²) in [5.74, 6) is 0.910. The summed E-state index contributed by atoms with van der Waals surface area (Å²) in [4.78, 5) is 15.9. The average Bonchev–Trinajstić information content (AvgIpc) is 2.48. The van der Waals surface area contributed by atoms with Gasteiger partial charge in [0.1, 0.15) is 5.82 Å². The summed E-state index contributed by atoms with van der Waals surface area (Å²) >= 11 is 5.97. The van der Waals surface area contributed by atoms with Crippen molar-refractivity contribution in [2.24, 2.45) is 5.92 Å². The van der Waals surface area contributed by atoms with E-state index in [-0.39, 0.29) is 5.91 Å². The molecule has 1 aromatic carbocycles. The molecule has 0 saturated carbocycles. The first kappa shape index (κ1) is 17.3. The molecule has 0 spiro atoms. The molecule has 0 fully saturated rings. The standard InChI is InChI=1S/C18H22ClN3O/c1-13(2)10-18(23)22-17-7-6-16(12-21-17)20-9-8-14-4-3-5-15(19)11-14/h3-7,11-13,20H,8-10H2,1-2H3,(H,21,22,23). The van der Waals surface area contributed by atoms with Crippen LogP contribution in [-0.2, 0) is 11.2 Å². The van der Waals surface area contributed by atoms with E-state index in [1.807, 2.05) is 38.1 Å². The molecule has 23 heavy (non-hydrogen) atoms. The number of carbonyl (C=O) groups excluding carboxylic acids is 1. The number of pyridine rings is 1. The number of hydrogen-bond acceptors (Lipinski definition) is 3. The van der Waals surface area contributed by atoms with Gasteiger partial charge in [-0.25, -0.2) is 4.98 Å². The summed E-state index contributed by atoms with van der Waals surface area (Å²) in [7, 11) is 0. The molecule has 0 atom stereocenters. The van der Waals surface area contributed by atoms with Crippen LogP contribution in [0.15, 0.2) is 42.6 Å². The summed E-state index contributed by atoms with van der Waals surface area (Å²) in [6.07, 6.45) is 3.11. The van der Waals surface area contributed by atoms with Gasteiger partial charge >= 0.3 is 0 Å². The van der Waals surface area contributed by atoms with Crippen LogP contribution in [0.5, 0.6) is 0 Å². The summed E-state index contributed by atoms with van der Waals surface area (Å²) < 4.78 is 0. The third-order valence-corrected chi connectivity index (χ3v) is 3.49. The molecule has 2 N–H and O–H groups in total. The maximum absolute atomic E-state index is 11.7. The number of benzene rings is 1. The molecule has 0 aliphatic heterocycles. The Morgan fingerprint density at radius 2 is 2.09 bits per heavy atom. The molecule has 0 unspecified atom stereocenters. The van der Waals surface area contributed by atoms with Crippen molar-refractivity contribution in [2.45, 2.75) is 26.7 Å². The normalized spacial score (nSPS) is 10.6. The molecule has 2 aromatic rings. The fourth-order valence-electron chi connectivity index (χ4n) is 2.18. The summed E-state index contributed by atoms with van der Waals surface area (Å²) in [5, 5.41) is 6.86. The van der Waals surface area contributed by atoms with Gasteiger partial charge in [0, 0.05) is 18.0 Å². The summed E-state index contributed by atoms with van der Waals surface area (Å²) in [6.45, 7) is 4.82. The highest BCUT2D eigenvalue weighted by Gasteiger charge is 2.05. The Kier molecular flexibility index (Phi) is 6.41. The lowest BCUT2D eigenvalue weighted by Gasteiger charge is -2.09. The number of halogens is 1. The fraction of sp³-hybridized carbons (Fsp3) is 0.333. The number of anilines is 2. The highest BCUT2D eigenvalue weighted by Crippen LogP contribution is 2.13. The fourth-order valence-corrected chi connectivity index (χ4v) is 2.39. The molecule has 0 aliphatic rings. The lowest BCUT2D eigenvalue weighted by Crippen LogP contribution is -2.14. The Hall–Kier alpha value is -2.07. The highest BCUT2D eigenvalue weighted by atomic mass is 35.5. The second kappa shape index (κ2) is 8.53. The van der Waals surface area contributed by atoms with Gasteiger partial charge < -0.3 is 10.6 Å². The van der Waals surface area contributed by atoms with Crippen LogP contribution in [0, 0.1) is 5.92 Å². The van der Waals surface area contributed by atoms with Crippen molar-refractivity contribution in [2.75, 3.05) is 17.2 Å². The largest absolute Gasteiger partial charge is 0.383 e. The molecule has 1 aromatic heterocycles. The molecule has 0 radical (unpaired) electrons. The van der Waals surface area contributed by atoms with Gasteiger partial charge in [-0.1, -0.05) is 37.6 Å². The zero-order chi connectivity index (χ0) is 16.7. The zero-order valence-electron chi connectivity index (χ0n) is 13.5. The van der Waals surface area contributed by atoms with Crippen LogP contribution in [0.1, 0.15) is 25.8 Å². The van der Waals surface area contributed by atoms with Gasteiger partial charge in [-0.15, -0.1) is 0 Å². The number of nitrogens with one attached hydrogen (secondary N) is 2. The maximum atomic E-state index is 11.7. The SMILES string of the molecule is CC(C)CC(=O)Nc1ccc(NCCc2cccc(Cl)c2)cn1. The van der Waals surface area contributed by atoms with E-state index in [9.17, 15) is 4.79 Å². The van der Waals surface area contributed by atoms with Gasteiger partial charge in [-0.05, 0) is 42.2 Å². The first-order valence-corrected chi connectivity index (χ1v) is 8.15. The Labute approximate surface area is 142 Å². The number of carbonyl (C=O) groups is 1. The summed E-state index contributed by atoms with van der Waals surface area (Å²) in [6, 6.07) is 11.6. The molecule has 0 bridgehead atoms. The van der Waals surface area contributed by atoms with Crippen LogP contribution in [0.2, 0.25) is 5.02 Å². The Balaban J connectivity index is 1.79. The molecular weight excluding hydrogens is 310 g/mol. The number of rotatable bonds is 7. The minimum atomic E-state index is -0.00540.